The van der Waals surface area contributed by atoms with Gasteiger partial charge in [0.05, 0.1) is 11.6 Å². The minimum Gasteiger partial charge on any atom is -0.192 e. The molecule has 1 aromatic rings. The van der Waals surface area contributed by atoms with E-state index in [0.717, 1.165) is 23.8 Å². The summed E-state index contributed by atoms with van der Waals surface area (Å²) in [5, 5.41) is 8.93. The third-order valence-corrected chi connectivity index (χ3v) is 5.05. The molecule has 0 radical (unpaired) electrons. The molecule has 1 saturated carbocycles. The summed E-state index contributed by atoms with van der Waals surface area (Å²) in [5.74, 6) is 2.32. The lowest BCUT2D eigenvalue weighted by molar-refractivity contribution is 0.232. The van der Waals surface area contributed by atoms with Crippen LogP contribution in [0.3, 0.4) is 0 Å². The van der Waals surface area contributed by atoms with Crippen molar-refractivity contribution in [3.05, 3.63) is 48.0 Å². The molecular weight excluding hydrogens is 254 g/mol. The first-order valence-electron chi connectivity index (χ1n) is 8.39. The molecule has 1 nitrogen and oxygen atoms in total. The van der Waals surface area contributed by atoms with Crippen LogP contribution in [0.5, 0.6) is 0 Å². The van der Waals surface area contributed by atoms with Crippen LogP contribution in [0.4, 0.5) is 0 Å². The van der Waals surface area contributed by atoms with Gasteiger partial charge in [0, 0.05) is 0 Å². The fraction of sp³-hybridized carbons (Fsp3) is 0.550. The summed E-state index contributed by atoms with van der Waals surface area (Å²) in [6, 6.07) is 10.4. The van der Waals surface area contributed by atoms with Crippen LogP contribution in [0.25, 0.3) is 0 Å². The van der Waals surface area contributed by atoms with Crippen molar-refractivity contribution in [1.29, 1.82) is 5.26 Å². The third kappa shape index (κ3) is 4.21. The van der Waals surface area contributed by atoms with E-state index in [0.29, 0.717) is 5.92 Å². The molecular formula is C20H27N. The van der Waals surface area contributed by atoms with E-state index in [-0.39, 0.29) is 0 Å². The predicted molar refractivity (Wildman–Crippen MR) is 89.1 cm³/mol. The second kappa shape index (κ2) is 8.03. The van der Waals surface area contributed by atoms with Crippen LogP contribution in [-0.4, -0.2) is 0 Å². The fourth-order valence-electron chi connectivity index (χ4n) is 3.87. The Labute approximate surface area is 129 Å². The predicted octanol–water partition coefficient (Wildman–Crippen LogP) is 5.82. The molecule has 0 heterocycles. The number of nitrogens with zero attached hydrogens (tertiary/aromatic N) is 1. The standard InChI is InChI=1S/C20H27N/c1-3-5-16-7-11-18(12-8-16)20(6-4-2)19-13-9-17(15-21)10-14-19/h4,9-10,13-14,16,18,20H,2-3,5-8,11-12H2,1H3. The van der Waals surface area contributed by atoms with Gasteiger partial charge in [0.25, 0.3) is 0 Å². The summed E-state index contributed by atoms with van der Waals surface area (Å²) in [6.07, 6.45) is 11.3. The van der Waals surface area contributed by atoms with E-state index < -0.39 is 0 Å². The first-order chi connectivity index (χ1) is 10.3. The highest BCUT2D eigenvalue weighted by Crippen LogP contribution is 2.41. The average Bonchev–Trinajstić information content (AvgIpc) is 2.54. The zero-order valence-electron chi connectivity index (χ0n) is 13.2. The normalized spacial score (nSPS) is 23.2. The molecule has 2 rings (SSSR count). The number of benzene rings is 1. The molecule has 0 spiro atoms. The largest absolute Gasteiger partial charge is 0.192 e. The summed E-state index contributed by atoms with van der Waals surface area (Å²) in [7, 11) is 0. The minimum atomic E-state index is 0.581. The Hall–Kier alpha value is -1.55. The van der Waals surface area contributed by atoms with Gasteiger partial charge in [-0.2, -0.15) is 5.26 Å². The molecule has 21 heavy (non-hydrogen) atoms. The fourth-order valence-corrected chi connectivity index (χ4v) is 3.87. The van der Waals surface area contributed by atoms with Crippen molar-refractivity contribution in [3.8, 4) is 6.07 Å². The van der Waals surface area contributed by atoms with Gasteiger partial charge in [-0.3, -0.25) is 0 Å². The lowest BCUT2D eigenvalue weighted by atomic mass is 9.71. The topological polar surface area (TPSA) is 23.8 Å². The molecule has 0 bridgehead atoms. The zero-order chi connectivity index (χ0) is 15.1. The highest BCUT2D eigenvalue weighted by atomic mass is 14.3. The molecule has 0 saturated heterocycles. The van der Waals surface area contributed by atoms with Crippen LogP contribution < -0.4 is 0 Å². The number of hydrogen-bond donors (Lipinski definition) is 0. The van der Waals surface area contributed by atoms with Crippen molar-refractivity contribution >= 4 is 0 Å². The van der Waals surface area contributed by atoms with Gasteiger partial charge < -0.3 is 0 Å². The van der Waals surface area contributed by atoms with E-state index in [1.807, 2.05) is 12.1 Å². The van der Waals surface area contributed by atoms with Crippen LogP contribution in [0.15, 0.2) is 36.9 Å². The van der Waals surface area contributed by atoms with E-state index in [2.05, 4.69) is 37.8 Å². The first kappa shape index (κ1) is 15.8. The van der Waals surface area contributed by atoms with Crippen molar-refractivity contribution in [2.45, 2.75) is 57.8 Å². The van der Waals surface area contributed by atoms with E-state index >= 15 is 0 Å². The van der Waals surface area contributed by atoms with Gasteiger partial charge in [-0.25, -0.2) is 0 Å². The Morgan fingerprint density at radius 3 is 2.43 bits per heavy atom. The number of allylic oxidation sites excluding steroid dienone is 1. The van der Waals surface area contributed by atoms with Crippen LogP contribution in [-0.2, 0) is 0 Å². The first-order valence-corrected chi connectivity index (χ1v) is 8.39. The van der Waals surface area contributed by atoms with E-state index in [4.69, 9.17) is 5.26 Å². The molecule has 1 aliphatic rings. The lowest BCUT2D eigenvalue weighted by Gasteiger charge is -2.34. The van der Waals surface area contributed by atoms with Gasteiger partial charge in [0.2, 0.25) is 0 Å². The Bertz CT molecular complexity index is 472. The SMILES string of the molecule is C=CCC(c1ccc(C#N)cc1)C1CCC(CCC)CC1. The Balaban J connectivity index is 2.05. The van der Waals surface area contributed by atoms with Gasteiger partial charge in [0.1, 0.15) is 0 Å². The van der Waals surface area contributed by atoms with Crippen molar-refractivity contribution in [2.75, 3.05) is 0 Å². The molecule has 1 atom stereocenters. The van der Waals surface area contributed by atoms with E-state index in [9.17, 15) is 0 Å². The van der Waals surface area contributed by atoms with E-state index in [1.54, 1.807) is 0 Å². The van der Waals surface area contributed by atoms with Crippen LogP contribution in [0, 0.1) is 23.2 Å². The number of hydrogen-bond acceptors (Lipinski definition) is 1. The van der Waals surface area contributed by atoms with Gasteiger partial charge in [-0.05, 0) is 54.7 Å². The van der Waals surface area contributed by atoms with Gasteiger partial charge in [-0.15, -0.1) is 6.58 Å². The molecule has 1 aromatic carbocycles. The molecule has 1 fully saturated rings. The van der Waals surface area contributed by atoms with Crippen molar-refractivity contribution in [3.63, 3.8) is 0 Å². The van der Waals surface area contributed by atoms with Crippen LogP contribution in [0.2, 0.25) is 0 Å². The summed E-state index contributed by atoms with van der Waals surface area (Å²) < 4.78 is 0. The van der Waals surface area contributed by atoms with Crippen LogP contribution >= 0.6 is 0 Å². The second-order valence-electron chi connectivity index (χ2n) is 6.43. The second-order valence-corrected chi connectivity index (χ2v) is 6.43. The smallest absolute Gasteiger partial charge is 0.0991 e. The Morgan fingerprint density at radius 2 is 1.90 bits per heavy atom. The van der Waals surface area contributed by atoms with E-state index in [1.165, 1.54) is 44.1 Å². The maximum Gasteiger partial charge on any atom is 0.0991 e. The summed E-state index contributed by atoms with van der Waals surface area (Å²) in [6.45, 7) is 6.24. The molecule has 0 amide bonds. The zero-order valence-corrected chi connectivity index (χ0v) is 13.2. The molecule has 0 N–H and O–H groups in total. The Kier molecular flexibility index (Phi) is 6.05. The highest BCUT2D eigenvalue weighted by Gasteiger charge is 2.27. The van der Waals surface area contributed by atoms with Gasteiger partial charge in [0.15, 0.2) is 0 Å². The molecule has 0 aromatic heterocycles. The third-order valence-electron chi connectivity index (χ3n) is 5.05. The summed E-state index contributed by atoms with van der Waals surface area (Å²) in [4.78, 5) is 0. The summed E-state index contributed by atoms with van der Waals surface area (Å²) in [5.41, 5.74) is 2.13. The molecule has 1 heteroatoms. The maximum absolute atomic E-state index is 8.93. The quantitative estimate of drug-likeness (QED) is 0.602. The monoisotopic (exact) mass is 281 g/mol. The molecule has 1 unspecified atom stereocenters. The minimum absolute atomic E-state index is 0.581. The average molecular weight is 281 g/mol. The maximum atomic E-state index is 8.93. The van der Waals surface area contributed by atoms with Crippen molar-refractivity contribution in [2.24, 2.45) is 11.8 Å². The lowest BCUT2D eigenvalue weighted by Crippen LogP contribution is -2.20. The van der Waals surface area contributed by atoms with Gasteiger partial charge >= 0.3 is 0 Å². The molecule has 0 aliphatic heterocycles. The number of nitriles is 1. The van der Waals surface area contributed by atoms with Crippen molar-refractivity contribution in [1.82, 2.24) is 0 Å². The summed E-state index contributed by atoms with van der Waals surface area (Å²) >= 11 is 0. The Morgan fingerprint density at radius 1 is 1.24 bits per heavy atom. The van der Waals surface area contributed by atoms with Crippen LogP contribution in [0.1, 0.15) is 68.9 Å². The number of rotatable bonds is 6. The van der Waals surface area contributed by atoms with Crippen molar-refractivity contribution < 1.29 is 0 Å². The molecule has 1 aliphatic carbocycles. The van der Waals surface area contributed by atoms with Gasteiger partial charge in [-0.1, -0.05) is 50.8 Å². The molecule has 112 valence electrons. The highest BCUT2D eigenvalue weighted by molar-refractivity contribution is 5.33.